The zero-order valence-corrected chi connectivity index (χ0v) is 15.8. The van der Waals surface area contributed by atoms with Crippen molar-refractivity contribution in [1.82, 2.24) is 10.2 Å². The van der Waals surface area contributed by atoms with E-state index in [2.05, 4.69) is 74.7 Å². The third-order valence-corrected chi connectivity index (χ3v) is 4.96. The molecule has 3 rings (SSSR count). The number of rotatable bonds is 5. The molecular formula is C20H25BrN2O. The van der Waals surface area contributed by atoms with E-state index in [0.29, 0.717) is 6.61 Å². The lowest BCUT2D eigenvalue weighted by atomic mass is 9.96. The Kier molecular flexibility index (Phi) is 6.30. The van der Waals surface area contributed by atoms with Crippen molar-refractivity contribution in [3.05, 3.63) is 64.1 Å². The van der Waals surface area contributed by atoms with Crippen molar-refractivity contribution in [1.29, 1.82) is 0 Å². The molecule has 1 aliphatic rings. The summed E-state index contributed by atoms with van der Waals surface area (Å²) in [6.07, 6.45) is 1.18. The molecule has 0 bridgehead atoms. The zero-order chi connectivity index (χ0) is 16.8. The van der Waals surface area contributed by atoms with Crippen molar-refractivity contribution >= 4 is 15.9 Å². The molecule has 24 heavy (non-hydrogen) atoms. The van der Waals surface area contributed by atoms with Gasteiger partial charge in [0.15, 0.2) is 0 Å². The smallest absolute Gasteiger partial charge is 0.119 e. The molecule has 0 spiro atoms. The van der Waals surface area contributed by atoms with Crippen LogP contribution in [0.25, 0.3) is 0 Å². The van der Waals surface area contributed by atoms with E-state index < -0.39 is 0 Å². The van der Waals surface area contributed by atoms with Crippen LogP contribution in [0.4, 0.5) is 0 Å². The normalized spacial score (nSPS) is 17.2. The summed E-state index contributed by atoms with van der Waals surface area (Å²) in [4.78, 5) is 2.58. The molecule has 0 aliphatic carbocycles. The molecule has 0 amide bonds. The van der Waals surface area contributed by atoms with E-state index in [1.165, 1.54) is 17.5 Å². The standard InChI is InChI=1S/C20H25BrN2O/c1-2-24-19-10-6-17(7-11-19)20(16-4-8-18(21)9-5-16)23-14-3-12-22-13-15-23/h4-11,20,22H,2-3,12-15H2,1H3. The Hall–Kier alpha value is -1.36. The number of hydrogen-bond donors (Lipinski definition) is 1. The fourth-order valence-corrected chi connectivity index (χ4v) is 3.56. The first-order valence-corrected chi connectivity index (χ1v) is 9.50. The predicted molar refractivity (Wildman–Crippen MR) is 103 cm³/mol. The summed E-state index contributed by atoms with van der Waals surface area (Å²) in [5.41, 5.74) is 2.66. The lowest BCUT2D eigenvalue weighted by Gasteiger charge is -2.31. The van der Waals surface area contributed by atoms with Gasteiger partial charge in [-0.15, -0.1) is 0 Å². The van der Waals surface area contributed by atoms with E-state index in [1.54, 1.807) is 0 Å². The summed E-state index contributed by atoms with van der Waals surface area (Å²) in [6, 6.07) is 17.6. The molecule has 1 heterocycles. The third kappa shape index (κ3) is 4.38. The first-order chi connectivity index (χ1) is 11.8. The van der Waals surface area contributed by atoms with Gasteiger partial charge >= 0.3 is 0 Å². The molecule has 0 aromatic heterocycles. The van der Waals surface area contributed by atoms with Gasteiger partial charge < -0.3 is 10.1 Å². The summed E-state index contributed by atoms with van der Waals surface area (Å²) in [7, 11) is 0. The van der Waals surface area contributed by atoms with Crippen LogP contribution >= 0.6 is 15.9 Å². The van der Waals surface area contributed by atoms with Crippen LogP contribution in [0, 0.1) is 0 Å². The largest absolute Gasteiger partial charge is 0.494 e. The predicted octanol–water partition coefficient (Wildman–Crippen LogP) is 4.23. The maximum absolute atomic E-state index is 5.60. The highest BCUT2D eigenvalue weighted by Gasteiger charge is 2.23. The van der Waals surface area contributed by atoms with Crippen LogP contribution in [0.1, 0.15) is 30.5 Å². The molecule has 1 saturated heterocycles. The quantitative estimate of drug-likeness (QED) is 0.828. The minimum atomic E-state index is 0.286. The summed E-state index contributed by atoms with van der Waals surface area (Å²) >= 11 is 3.55. The fourth-order valence-electron chi connectivity index (χ4n) is 3.30. The SMILES string of the molecule is CCOc1ccc(C(c2ccc(Br)cc2)N2CCCNCC2)cc1. The third-order valence-electron chi connectivity index (χ3n) is 4.43. The fraction of sp³-hybridized carbons (Fsp3) is 0.400. The van der Waals surface area contributed by atoms with E-state index >= 15 is 0 Å². The molecule has 0 radical (unpaired) electrons. The van der Waals surface area contributed by atoms with Crippen molar-refractivity contribution in [2.45, 2.75) is 19.4 Å². The molecule has 1 N–H and O–H groups in total. The van der Waals surface area contributed by atoms with Crippen molar-refractivity contribution < 1.29 is 4.74 Å². The molecule has 2 aromatic rings. The maximum Gasteiger partial charge on any atom is 0.119 e. The average molecular weight is 389 g/mol. The summed E-state index contributed by atoms with van der Waals surface area (Å²) in [5, 5.41) is 3.50. The Morgan fingerprint density at radius 2 is 1.67 bits per heavy atom. The summed E-state index contributed by atoms with van der Waals surface area (Å²) in [6.45, 7) is 7.04. The molecule has 1 aliphatic heterocycles. The van der Waals surface area contributed by atoms with Gasteiger partial charge in [0.05, 0.1) is 12.6 Å². The average Bonchev–Trinajstić information content (AvgIpc) is 2.88. The number of nitrogens with one attached hydrogen (secondary N) is 1. The summed E-state index contributed by atoms with van der Waals surface area (Å²) < 4.78 is 6.72. The number of halogens is 1. The number of hydrogen-bond acceptors (Lipinski definition) is 3. The van der Waals surface area contributed by atoms with Gasteiger partial charge in [0.1, 0.15) is 5.75 Å². The lowest BCUT2D eigenvalue weighted by Crippen LogP contribution is -2.33. The van der Waals surface area contributed by atoms with E-state index in [0.717, 1.165) is 36.4 Å². The van der Waals surface area contributed by atoms with Crippen LogP contribution in [-0.4, -0.2) is 37.7 Å². The molecule has 3 nitrogen and oxygen atoms in total. The van der Waals surface area contributed by atoms with Gasteiger partial charge in [-0.2, -0.15) is 0 Å². The van der Waals surface area contributed by atoms with Crippen molar-refractivity contribution in [3.63, 3.8) is 0 Å². The Morgan fingerprint density at radius 3 is 2.33 bits per heavy atom. The number of benzene rings is 2. The molecule has 1 atom stereocenters. The van der Waals surface area contributed by atoms with Crippen LogP contribution in [0.2, 0.25) is 0 Å². The minimum Gasteiger partial charge on any atom is -0.494 e. The van der Waals surface area contributed by atoms with Crippen LogP contribution in [-0.2, 0) is 0 Å². The zero-order valence-electron chi connectivity index (χ0n) is 14.2. The first kappa shape index (κ1) is 17.5. The van der Waals surface area contributed by atoms with Crippen molar-refractivity contribution in [2.24, 2.45) is 0 Å². The maximum atomic E-state index is 5.60. The van der Waals surface area contributed by atoms with Crippen molar-refractivity contribution in [2.75, 3.05) is 32.8 Å². The second-order valence-electron chi connectivity index (χ2n) is 6.10. The minimum absolute atomic E-state index is 0.286. The molecule has 4 heteroatoms. The number of ether oxygens (including phenoxy) is 1. The lowest BCUT2D eigenvalue weighted by molar-refractivity contribution is 0.241. The van der Waals surface area contributed by atoms with Crippen LogP contribution in [0.15, 0.2) is 53.0 Å². The molecule has 1 unspecified atom stereocenters. The number of nitrogens with zero attached hydrogens (tertiary/aromatic N) is 1. The summed E-state index contributed by atoms with van der Waals surface area (Å²) in [5.74, 6) is 0.938. The second-order valence-corrected chi connectivity index (χ2v) is 7.01. The molecule has 1 fully saturated rings. The molecule has 0 saturated carbocycles. The van der Waals surface area contributed by atoms with Gasteiger partial charge in [0.2, 0.25) is 0 Å². The Balaban J connectivity index is 1.92. The van der Waals surface area contributed by atoms with Gasteiger partial charge in [-0.1, -0.05) is 40.2 Å². The van der Waals surface area contributed by atoms with Crippen LogP contribution in [0.3, 0.4) is 0 Å². The highest BCUT2D eigenvalue weighted by molar-refractivity contribution is 9.10. The Labute approximate surface area is 153 Å². The highest BCUT2D eigenvalue weighted by atomic mass is 79.9. The first-order valence-electron chi connectivity index (χ1n) is 8.71. The Morgan fingerprint density at radius 1 is 1.00 bits per heavy atom. The Bertz CT molecular complexity index is 619. The highest BCUT2D eigenvalue weighted by Crippen LogP contribution is 2.31. The molecule has 128 valence electrons. The van der Waals surface area contributed by atoms with Gasteiger partial charge in [-0.3, -0.25) is 4.90 Å². The van der Waals surface area contributed by atoms with Gasteiger partial charge in [-0.25, -0.2) is 0 Å². The molecule has 2 aromatic carbocycles. The van der Waals surface area contributed by atoms with Crippen LogP contribution in [0.5, 0.6) is 5.75 Å². The van der Waals surface area contributed by atoms with Gasteiger partial charge in [0.25, 0.3) is 0 Å². The van der Waals surface area contributed by atoms with E-state index in [4.69, 9.17) is 4.74 Å². The monoisotopic (exact) mass is 388 g/mol. The topological polar surface area (TPSA) is 24.5 Å². The van der Waals surface area contributed by atoms with E-state index in [1.807, 2.05) is 6.92 Å². The van der Waals surface area contributed by atoms with E-state index in [9.17, 15) is 0 Å². The molecular weight excluding hydrogens is 364 g/mol. The van der Waals surface area contributed by atoms with Gasteiger partial charge in [-0.05, 0) is 55.3 Å². The van der Waals surface area contributed by atoms with Gasteiger partial charge in [0, 0.05) is 24.1 Å². The van der Waals surface area contributed by atoms with E-state index in [-0.39, 0.29) is 6.04 Å². The van der Waals surface area contributed by atoms with Crippen LogP contribution < -0.4 is 10.1 Å². The second kappa shape index (κ2) is 8.65. The van der Waals surface area contributed by atoms with Crippen molar-refractivity contribution in [3.8, 4) is 5.75 Å².